The summed E-state index contributed by atoms with van der Waals surface area (Å²) in [6.45, 7) is 1.14. The lowest BCUT2D eigenvalue weighted by atomic mass is 9.82. The molecule has 1 atom stereocenters. The van der Waals surface area contributed by atoms with Crippen LogP contribution in [-0.2, 0) is 30.9 Å². The standard InChI is InChI=1S/C28H19FN4O7/c1-28(38)18-7-20-25-16(10-34)15-6-14(29)4-5-19(15)33(21-8-30-31(2)26(21)27(37)39-3)22(25)9-32(20)23(11-35)17(18)13-40-24(28)12-36/h4-8,38H,9,13H2,1-3H3/t28-/m0/s1. The predicted molar refractivity (Wildman–Crippen MR) is 136 cm³/mol. The Kier molecular flexibility index (Phi) is 5.41. The van der Waals surface area contributed by atoms with E-state index < -0.39 is 17.4 Å². The number of allylic oxidation sites excluding steroid dienone is 1. The number of fused-ring (bicyclic) bond motifs is 3. The summed E-state index contributed by atoms with van der Waals surface area (Å²) >= 11 is 0. The highest BCUT2D eigenvalue weighted by Gasteiger charge is 2.48. The number of ether oxygens (including phenoxy) is 2. The lowest BCUT2D eigenvalue weighted by molar-refractivity contribution is 0.0480. The Morgan fingerprint density at radius 2 is 1.98 bits per heavy atom. The van der Waals surface area contributed by atoms with E-state index in [1.807, 2.05) is 11.9 Å². The molecule has 11 nitrogen and oxygen atoms in total. The fourth-order valence-electron chi connectivity index (χ4n) is 5.64. The lowest BCUT2D eigenvalue weighted by Crippen LogP contribution is -2.41. The number of aromatic nitrogens is 2. The van der Waals surface area contributed by atoms with E-state index in [4.69, 9.17) is 9.47 Å². The van der Waals surface area contributed by atoms with E-state index in [0.717, 1.165) is 0 Å². The van der Waals surface area contributed by atoms with E-state index in [-0.39, 0.29) is 58.3 Å². The first-order chi connectivity index (χ1) is 19.2. The Bertz CT molecular complexity index is 1810. The van der Waals surface area contributed by atoms with Gasteiger partial charge in [0.1, 0.15) is 24.1 Å². The zero-order valence-electron chi connectivity index (χ0n) is 21.4. The van der Waals surface area contributed by atoms with Crippen molar-refractivity contribution >= 4 is 40.7 Å². The number of aryl methyl sites for hydroxylation is 1. The summed E-state index contributed by atoms with van der Waals surface area (Å²) in [5.74, 6) is 3.76. The van der Waals surface area contributed by atoms with Crippen LogP contribution in [0.15, 0.2) is 70.0 Å². The smallest absolute Gasteiger partial charge is 0.358 e. The summed E-state index contributed by atoms with van der Waals surface area (Å²) in [6.07, 6.45) is 2.98. The van der Waals surface area contributed by atoms with Gasteiger partial charge >= 0.3 is 5.97 Å². The molecule has 0 saturated heterocycles. The number of halogens is 1. The molecule has 2 aromatic rings. The summed E-state index contributed by atoms with van der Waals surface area (Å²) < 4.78 is 26.3. The van der Waals surface area contributed by atoms with Gasteiger partial charge in [0.15, 0.2) is 23.2 Å². The van der Waals surface area contributed by atoms with Crippen LogP contribution in [0.25, 0.3) is 5.57 Å². The number of aliphatic hydroxyl groups is 1. The topological polar surface area (TPSA) is 131 Å². The maximum Gasteiger partial charge on any atom is 0.358 e. The Balaban J connectivity index is 1.67. The number of esters is 1. The van der Waals surface area contributed by atoms with Gasteiger partial charge in [-0.2, -0.15) is 5.10 Å². The second-order valence-electron chi connectivity index (χ2n) is 9.54. The van der Waals surface area contributed by atoms with Crippen LogP contribution in [0.4, 0.5) is 15.8 Å². The molecule has 200 valence electrons. The maximum absolute atomic E-state index is 14.6. The minimum atomic E-state index is -1.94. The second-order valence-corrected chi connectivity index (χ2v) is 9.54. The van der Waals surface area contributed by atoms with E-state index in [9.17, 15) is 28.7 Å². The SMILES string of the molecule is COC(=O)c1c(N2C3=C(C(=C=O)c4cc(F)ccc42)C2=CC4=C(COC(=C=O)[C@@]4(C)O)C(=C=O)N2C3)cnn1C. The van der Waals surface area contributed by atoms with Gasteiger partial charge in [-0.3, -0.25) is 4.68 Å². The van der Waals surface area contributed by atoms with Gasteiger partial charge in [0.25, 0.3) is 0 Å². The number of carbonyl (C=O) groups is 1. The molecule has 0 saturated carbocycles. The van der Waals surface area contributed by atoms with E-state index in [2.05, 4.69) is 5.10 Å². The first-order valence-electron chi connectivity index (χ1n) is 12.0. The molecule has 1 aromatic heterocycles. The summed E-state index contributed by atoms with van der Waals surface area (Å²) in [6, 6.07) is 3.85. The molecule has 40 heavy (non-hydrogen) atoms. The van der Waals surface area contributed by atoms with Crippen LogP contribution in [0, 0.1) is 5.82 Å². The van der Waals surface area contributed by atoms with Gasteiger partial charge < -0.3 is 24.4 Å². The number of hydrogen-bond donors (Lipinski definition) is 1. The van der Waals surface area contributed by atoms with Crippen molar-refractivity contribution in [2.24, 2.45) is 7.05 Å². The molecule has 4 aliphatic rings. The van der Waals surface area contributed by atoms with Crippen molar-refractivity contribution in [3.63, 3.8) is 0 Å². The average molecular weight is 542 g/mol. The van der Waals surface area contributed by atoms with Gasteiger partial charge in [-0.05, 0) is 31.2 Å². The van der Waals surface area contributed by atoms with Crippen LogP contribution in [0.5, 0.6) is 0 Å². The maximum atomic E-state index is 14.6. The minimum Gasteiger partial charge on any atom is -0.479 e. The number of carbonyl (C=O) groups excluding carboxylic acids is 4. The molecule has 0 amide bonds. The van der Waals surface area contributed by atoms with Crippen molar-refractivity contribution in [2.75, 3.05) is 25.2 Å². The molecule has 0 spiro atoms. The highest BCUT2D eigenvalue weighted by Crippen LogP contribution is 2.54. The van der Waals surface area contributed by atoms with Crippen LogP contribution >= 0.6 is 0 Å². The zero-order valence-corrected chi connectivity index (χ0v) is 21.4. The normalized spacial score (nSPS) is 21.0. The molecular weight excluding hydrogens is 523 g/mol. The lowest BCUT2D eigenvalue weighted by Gasteiger charge is -2.38. The quantitative estimate of drug-likeness (QED) is 0.442. The van der Waals surface area contributed by atoms with E-state index >= 15 is 0 Å². The van der Waals surface area contributed by atoms with Crippen molar-refractivity contribution in [1.82, 2.24) is 14.7 Å². The molecule has 1 N–H and O–H groups in total. The van der Waals surface area contributed by atoms with Crippen LogP contribution < -0.4 is 4.90 Å². The number of anilines is 2. The predicted octanol–water partition coefficient (Wildman–Crippen LogP) is 1.69. The Morgan fingerprint density at radius 3 is 2.65 bits per heavy atom. The van der Waals surface area contributed by atoms with Crippen LogP contribution in [-0.4, -0.2) is 69.4 Å². The van der Waals surface area contributed by atoms with Crippen molar-refractivity contribution in [1.29, 1.82) is 0 Å². The molecule has 5 heterocycles. The number of rotatable bonds is 2. The van der Waals surface area contributed by atoms with Crippen molar-refractivity contribution in [3.05, 3.63) is 87.1 Å². The highest BCUT2D eigenvalue weighted by molar-refractivity contribution is 6.09. The van der Waals surface area contributed by atoms with Gasteiger partial charge in [-0.25, -0.2) is 23.6 Å². The molecule has 0 fully saturated rings. The molecule has 0 bridgehead atoms. The van der Waals surface area contributed by atoms with Crippen LogP contribution in [0.3, 0.4) is 0 Å². The first kappa shape index (κ1) is 25.1. The Labute approximate surface area is 225 Å². The summed E-state index contributed by atoms with van der Waals surface area (Å²) in [7, 11) is 2.79. The van der Waals surface area contributed by atoms with E-state index in [0.29, 0.717) is 22.7 Å². The van der Waals surface area contributed by atoms with Crippen LogP contribution in [0.1, 0.15) is 23.0 Å². The van der Waals surface area contributed by atoms with E-state index in [1.54, 1.807) is 28.9 Å². The van der Waals surface area contributed by atoms with Crippen molar-refractivity contribution in [3.8, 4) is 0 Å². The summed E-state index contributed by atoms with van der Waals surface area (Å²) in [4.78, 5) is 52.3. The van der Waals surface area contributed by atoms with Crippen molar-refractivity contribution < 1.29 is 38.1 Å². The zero-order chi connectivity index (χ0) is 28.5. The largest absolute Gasteiger partial charge is 0.479 e. The molecule has 12 heteroatoms. The van der Waals surface area contributed by atoms with Crippen molar-refractivity contribution in [2.45, 2.75) is 12.5 Å². The third-order valence-corrected chi connectivity index (χ3v) is 7.45. The summed E-state index contributed by atoms with van der Waals surface area (Å²) in [5.41, 5.74) is 0.529. The highest BCUT2D eigenvalue weighted by atomic mass is 19.1. The van der Waals surface area contributed by atoms with Gasteiger partial charge in [-0.15, -0.1) is 0 Å². The molecule has 4 aliphatic heterocycles. The van der Waals surface area contributed by atoms with Gasteiger partial charge in [0, 0.05) is 29.3 Å². The molecule has 0 radical (unpaired) electrons. The van der Waals surface area contributed by atoms with Gasteiger partial charge in [-0.1, -0.05) is 0 Å². The third-order valence-electron chi connectivity index (χ3n) is 7.45. The number of methoxy groups -OCH3 is 1. The second kappa shape index (κ2) is 8.64. The molecule has 0 unspecified atom stereocenters. The Hall–Kier alpha value is -5.24. The third kappa shape index (κ3) is 3.19. The molecular formula is C28H19FN4O7. The number of benzene rings is 1. The van der Waals surface area contributed by atoms with Gasteiger partial charge in [0.05, 0.1) is 48.2 Å². The van der Waals surface area contributed by atoms with E-state index in [1.165, 1.54) is 43.1 Å². The molecule has 0 aliphatic carbocycles. The number of nitrogens with zero attached hydrogens (tertiary/aromatic N) is 4. The van der Waals surface area contributed by atoms with Crippen LogP contribution in [0.2, 0.25) is 0 Å². The molecule has 1 aromatic carbocycles. The summed E-state index contributed by atoms with van der Waals surface area (Å²) in [5, 5.41) is 15.4. The monoisotopic (exact) mass is 542 g/mol. The minimum absolute atomic E-state index is 0.00478. The first-order valence-corrected chi connectivity index (χ1v) is 12.0. The number of hydrogen-bond acceptors (Lipinski definition) is 10. The average Bonchev–Trinajstić information content (AvgIpc) is 3.50. The molecule has 6 rings (SSSR count). The van der Waals surface area contributed by atoms with Gasteiger partial charge in [0.2, 0.25) is 5.76 Å². The Morgan fingerprint density at radius 1 is 1.20 bits per heavy atom. The fourth-order valence-corrected chi connectivity index (χ4v) is 5.64. The fraction of sp³-hybridized carbons (Fsp3) is 0.214.